The molecular formula is C16H24N2O2. The van der Waals surface area contributed by atoms with Crippen molar-refractivity contribution in [3.8, 4) is 0 Å². The number of nitrogens with zero attached hydrogens (tertiary/aromatic N) is 2. The lowest BCUT2D eigenvalue weighted by Gasteiger charge is -2.32. The molecule has 1 heterocycles. The van der Waals surface area contributed by atoms with E-state index in [-0.39, 0.29) is 18.6 Å². The lowest BCUT2D eigenvalue weighted by molar-refractivity contribution is -0.133. The van der Waals surface area contributed by atoms with E-state index in [9.17, 15) is 4.79 Å². The van der Waals surface area contributed by atoms with Gasteiger partial charge in [0.25, 0.3) is 0 Å². The van der Waals surface area contributed by atoms with Gasteiger partial charge in [0.1, 0.15) is 0 Å². The van der Waals surface area contributed by atoms with Crippen molar-refractivity contribution in [1.29, 1.82) is 0 Å². The maximum absolute atomic E-state index is 12.4. The Balaban J connectivity index is 1.97. The molecule has 1 aromatic carbocycles. The van der Waals surface area contributed by atoms with Crippen LogP contribution in [-0.2, 0) is 17.8 Å². The van der Waals surface area contributed by atoms with Crippen molar-refractivity contribution < 1.29 is 9.90 Å². The van der Waals surface area contributed by atoms with Crippen LogP contribution in [0.25, 0.3) is 0 Å². The van der Waals surface area contributed by atoms with Crippen LogP contribution in [0.4, 0.5) is 0 Å². The molecule has 2 rings (SSSR count). The Bertz CT molecular complexity index is 460. The molecule has 0 fully saturated rings. The first-order chi connectivity index (χ1) is 9.61. The summed E-state index contributed by atoms with van der Waals surface area (Å²) in [6, 6.07) is 8.59. The minimum absolute atomic E-state index is 0.0916. The number of rotatable bonds is 5. The van der Waals surface area contributed by atoms with Crippen LogP contribution in [0.1, 0.15) is 25.0 Å². The maximum atomic E-state index is 12.4. The molecule has 1 aromatic rings. The van der Waals surface area contributed by atoms with Gasteiger partial charge >= 0.3 is 0 Å². The largest absolute Gasteiger partial charge is 0.395 e. The zero-order valence-corrected chi connectivity index (χ0v) is 12.4. The summed E-state index contributed by atoms with van der Waals surface area (Å²) in [5, 5.41) is 9.07. The fourth-order valence-electron chi connectivity index (χ4n) is 2.63. The van der Waals surface area contributed by atoms with Crippen molar-refractivity contribution in [2.45, 2.75) is 32.9 Å². The summed E-state index contributed by atoms with van der Waals surface area (Å²) < 4.78 is 0. The highest BCUT2D eigenvalue weighted by atomic mass is 16.3. The van der Waals surface area contributed by atoms with Gasteiger partial charge in [0.05, 0.1) is 13.2 Å². The molecule has 0 saturated carbocycles. The smallest absolute Gasteiger partial charge is 0.237 e. The third kappa shape index (κ3) is 3.58. The molecule has 0 unspecified atom stereocenters. The predicted octanol–water partition coefficient (Wildman–Crippen LogP) is 1.27. The van der Waals surface area contributed by atoms with Gasteiger partial charge < -0.3 is 10.0 Å². The van der Waals surface area contributed by atoms with Crippen molar-refractivity contribution in [3.05, 3.63) is 35.4 Å². The van der Waals surface area contributed by atoms with Gasteiger partial charge in [-0.1, -0.05) is 24.3 Å². The fourth-order valence-corrected chi connectivity index (χ4v) is 2.63. The molecule has 1 amide bonds. The van der Waals surface area contributed by atoms with E-state index in [1.807, 2.05) is 15.9 Å². The second-order valence-corrected chi connectivity index (χ2v) is 5.62. The third-order valence-electron chi connectivity index (χ3n) is 3.94. The van der Waals surface area contributed by atoms with Gasteiger partial charge in [-0.3, -0.25) is 9.69 Å². The normalized spacial score (nSPS) is 14.8. The number of amides is 1. The number of benzene rings is 1. The number of carbonyl (C=O) groups excluding carboxylic acids is 1. The Morgan fingerprint density at radius 1 is 1.35 bits per heavy atom. The monoisotopic (exact) mass is 276 g/mol. The summed E-state index contributed by atoms with van der Waals surface area (Å²) in [5.41, 5.74) is 2.61. The first-order valence-electron chi connectivity index (χ1n) is 7.31. The Kier molecular flexibility index (Phi) is 5.15. The van der Waals surface area contributed by atoms with Gasteiger partial charge in [-0.15, -0.1) is 0 Å². The summed E-state index contributed by atoms with van der Waals surface area (Å²) in [5.74, 6) is 0.154. The topological polar surface area (TPSA) is 43.8 Å². The van der Waals surface area contributed by atoms with Crippen LogP contribution in [0.2, 0.25) is 0 Å². The first kappa shape index (κ1) is 15.0. The van der Waals surface area contributed by atoms with Crippen molar-refractivity contribution in [2.75, 3.05) is 26.2 Å². The van der Waals surface area contributed by atoms with E-state index in [4.69, 9.17) is 5.11 Å². The van der Waals surface area contributed by atoms with E-state index in [0.29, 0.717) is 19.6 Å². The molecule has 1 aliphatic heterocycles. The molecule has 0 aromatic heterocycles. The van der Waals surface area contributed by atoms with Crippen LogP contribution in [0.5, 0.6) is 0 Å². The highest BCUT2D eigenvalue weighted by Crippen LogP contribution is 2.18. The van der Waals surface area contributed by atoms with Crippen LogP contribution < -0.4 is 0 Å². The Hall–Kier alpha value is -1.39. The molecule has 1 aliphatic rings. The number of aliphatic hydroxyl groups excluding tert-OH is 1. The number of carbonyl (C=O) groups is 1. The number of hydrogen-bond donors (Lipinski definition) is 1. The maximum Gasteiger partial charge on any atom is 0.237 e. The molecule has 110 valence electrons. The molecule has 0 aliphatic carbocycles. The van der Waals surface area contributed by atoms with E-state index < -0.39 is 0 Å². The van der Waals surface area contributed by atoms with E-state index in [1.165, 1.54) is 11.1 Å². The predicted molar refractivity (Wildman–Crippen MR) is 79.4 cm³/mol. The average Bonchev–Trinajstić information content (AvgIpc) is 2.46. The van der Waals surface area contributed by atoms with Gasteiger partial charge in [-0.2, -0.15) is 0 Å². The molecule has 20 heavy (non-hydrogen) atoms. The third-order valence-corrected chi connectivity index (χ3v) is 3.94. The molecular weight excluding hydrogens is 252 g/mol. The molecule has 4 nitrogen and oxygen atoms in total. The van der Waals surface area contributed by atoms with E-state index in [2.05, 4.69) is 32.0 Å². The van der Waals surface area contributed by atoms with Crippen LogP contribution in [-0.4, -0.2) is 53.1 Å². The van der Waals surface area contributed by atoms with Crippen LogP contribution in [0, 0.1) is 0 Å². The van der Waals surface area contributed by atoms with Gasteiger partial charge in [-0.25, -0.2) is 0 Å². The van der Waals surface area contributed by atoms with Crippen molar-refractivity contribution in [3.63, 3.8) is 0 Å². The standard InChI is InChI=1S/C16H24N2O2/c1-13(2)17(9-10-19)12-16(20)18-8-7-14-5-3-4-6-15(14)11-18/h3-6,13,19H,7-12H2,1-2H3. The number of aliphatic hydroxyl groups is 1. The van der Waals surface area contributed by atoms with Crippen LogP contribution >= 0.6 is 0 Å². The highest BCUT2D eigenvalue weighted by molar-refractivity contribution is 5.78. The van der Waals surface area contributed by atoms with Gasteiger partial charge in [0, 0.05) is 25.7 Å². The van der Waals surface area contributed by atoms with Crippen molar-refractivity contribution in [1.82, 2.24) is 9.80 Å². The quantitative estimate of drug-likeness (QED) is 0.881. The zero-order valence-electron chi connectivity index (χ0n) is 12.4. The SMILES string of the molecule is CC(C)N(CCO)CC(=O)N1CCc2ccccc2C1. The van der Waals surface area contributed by atoms with E-state index in [1.54, 1.807) is 0 Å². The van der Waals surface area contributed by atoms with Crippen LogP contribution in [0.15, 0.2) is 24.3 Å². The fraction of sp³-hybridized carbons (Fsp3) is 0.562. The highest BCUT2D eigenvalue weighted by Gasteiger charge is 2.22. The summed E-state index contributed by atoms with van der Waals surface area (Å²) in [7, 11) is 0. The lowest BCUT2D eigenvalue weighted by Crippen LogP contribution is -2.45. The van der Waals surface area contributed by atoms with Crippen LogP contribution in [0.3, 0.4) is 0 Å². The summed E-state index contributed by atoms with van der Waals surface area (Å²) in [6.45, 7) is 6.63. The van der Waals surface area contributed by atoms with Crippen molar-refractivity contribution >= 4 is 5.91 Å². The molecule has 0 bridgehead atoms. The summed E-state index contributed by atoms with van der Waals surface area (Å²) in [6.07, 6.45) is 0.934. The minimum Gasteiger partial charge on any atom is -0.395 e. The molecule has 0 radical (unpaired) electrons. The number of fused-ring (bicyclic) bond motifs is 1. The molecule has 4 heteroatoms. The Labute approximate surface area is 121 Å². The molecule has 0 atom stereocenters. The summed E-state index contributed by atoms with van der Waals surface area (Å²) in [4.78, 5) is 16.3. The Morgan fingerprint density at radius 3 is 2.70 bits per heavy atom. The van der Waals surface area contributed by atoms with Gasteiger partial charge in [-0.05, 0) is 31.4 Å². The first-order valence-corrected chi connectivity index (χ1v) is 7.31. The zero-order chi connectivity index (χ0) is 14.5. The van der Waals surface area contributed by atoms with Crippen molar-refractivity contribution in [2.24, 2.45) is 0 Å². The molecule has 0 saturated heterocycles. The number of hydrogen-bond acceptors (Lipinski definition) is 3. The van der Waals surface area contributed by atoms with E-state index >= 15 is 0 Å². The average molecular weight is 276 g/mol. The minimum atomic E-state index is 0.0916. The van der Waals surface area contributed by atoms with Gasteiger partial charge in [0.2, 0.25) is 5.91 Å². The van der Waals surface area contributed by atoms with Gasteiger partial charge in [0.15, 0.2) is 0 Å². The summed E-state index contributed by atoms with van der Waals surface area (Å²) >= 11 is 0. The lowest BCUT2D eigenvalue weighted by atomic mass is 10.00. The van der Waals surface area contributed by atoms with E-state index in [0.717, 1.165) is 13.0 Å². The Morgan fingerprint density at radius 2 is 2.05 bits per heavy atom. The molecule has 1 N–H and O–H groups in total. The second-order valence-electron chi connectivity index (χ2n) is 5.62. The second kappa shape index (κ2) is 6.86. The molecule has 0 spiro atoms.